The molecule has 3 N–H and O–H groups in total. The zero-order chi connectivity index (χ0) is 6.41. The summed E-state index contributed by atoms with van der Waals surface area (Å²) in [7, 11) is 0. The van der Waals surface area contributed by atoms with E-state index in [0.717, 1.165) is 0 Å². The van der Waals surface area contributed by atoms with Crippen LogP contribution >= 0.6 is 0 Å². The average Bonchev–Trinajstić information content (AvgIpc) is 1.83. The zero-order valence-electron chi connectivity index (χ0n) is 4.96. The van der Waals surface area contributed by atoms with E-state index in [1.54, 1.807) is 25.2 Å². The molecule has 0 bridgehead atoms. The second kappa shape index (κ2) is 4.40. The molecule has 0 heterocycles. The van der Waals surface area contributed by atoms with Crippen LogP contribution in [0.25, 0.3) is 0 Å². The molecule has 0 amide bonds. The van der Waals surface area contributed by atoms with Crippen molar-refractivity contribution in [3.63, 3.8) is 0 Å². The van der Waals surface area contributed by atoms with E-state index in [4.69, 9.17) is 10.8 Å². The van der Waals surface area contributed by atoms with Gasteiger partial charge in [0.15, 0.2) is 0 Å². The van der Waals surface area contributed by atoms with E-state index in [9.17, 15) is 0 Å². The van der Waals surface area contributed by atoms with Gasteiger partial charge in [-0.2, -0.15) is 0 Å². The lowest BCUT2D eigenvalue weighted by atomic mass is 10.4. The number of rotatable bonds is 2. The fraction of sp³-hybridized carbons (Fsp3) is 0.333. The Morgan fingerprint density at radius 3 is 2.75 bits per heavy atom. The SMILES string of the molecule is C/C=C(O)\C=C/CN. The summed E-state index contributed by atoms with van der Waals surface area (Å²) in [5.41, 5.74) is 5.11. The van der Waals surface area contributed by atoms with Gasteiger partial charge in [-0.05, 0) is 19.1 Å². The first kappa shape index (κ1) is 7.24. The smallest absolute Gasteiger partial charge is 0.111 e. The normalized spacial score (nSPS) is 13.0. The molecule has 0 unspecified atom stereocenters. The molecule has 0 atom stereocenters. The van der Waals surface area contributed by atoms with E-state index >= 15 is 0 Å². The Labute approximate surface area is 49.3 Å². The first-order chi connectivity index (χ1) is 3.81. The number of nitrogens with two attached hydrogens (primary N) is 1. The average molecular weight is 113 g/mol. The van der Waals surface area contributed by atoms with Gasteiger partial charge in [0.05, 0.1) is 0 Å². The monoisotopic (exact) mass is 113 g/mol. The molecule has 8 heavy (non-hydrogen) atoms. The molecule has 0 aliphatic heterocycles. The van der Waals surface area contributed by atoms with Crippen LogP contribution in [0.1, 0.15) is 6.92 Å². The lowest BCUT2D eigenvalue weighted by Crippen LogP contribution is -1.92. The summed E-state index contributed by atoms with van der Waals surface area (Å²) in [6.45, 7) is 2.23. The van der Waals surface area contributed by atoms with Crippen molar-refractivity contribution in [2.45, 2.75) is 6.92 Å². The molecule has 2 heteroatoms. The molecule has 0 saturated carbocycles. The van der Waals surface area contributed by atoms with Crippen LogP contribution in [0.4, 0.5) is 0 Å². The highest BCUT2D eigenvalue weighted by atomic mass is 16.3. The van der Waals surface area contributed by atoms with Crippen molar-refractivity contribution in [3.05, 3.63) is 24.0 Å². The Morgan fingerprint density at radius 2 is 2.38 bits per heavy atom. The molecule has 0 aromatic heterocycles. The molecule has 0 aliphatic rings. The molecule has 2 nitrogen and oxygen atoms in total. The maximum absolute atomic E-state index is 8.71. The van der Waals surface area contributed by atoms with Gasteiger partial charge in [0, 0.05) is 6.54 Å². The third-order valence-electron chi connectivity index (χ3n) is 0.720. The third-order valence-corrected chi connectivity index (χ3v) is 0.720. The third kappa shape index (κ3) is 3.43. The zero-order valence-corrected chi connectivity index (χ0v) is 4.96. The second-order valence-corrected chi connectivity index (χ2v) is 1.35. The minimum Gasteiger partial charge on any atom is -0.508 e. The maximum atomic E-state index is 8.71. The largest absolute Gasteiger partial charge is 0.508 e. The van der Waals surface area contributed by atoms with Gasteiger partial charge in [-0.1, -0.05) is 6.08 Å². The summed E-state index contributed by atoms with van der Waals surface area (Å²) in [6.07, 6.45) is 4.86. The van der Waals surface area contributed by atoms with Crippen LogP contribution in [-0.2, 0) is 0 Å². The van der Waals surface area contributed by atoms with Crippen molar-refractivity contribution in [3.8, 4) is 0 Å². The van der Waals surface area contributed by atoms with Gasteiger partial charge in [-0.3, -0.25) is 0 Å². The molecular weight excluding hydrogens is 102 g/mol. The molecule has 0 aliphatic carbocycles. The Morgan fingerprint density at radius 1 is 1.75 bits per heavy atom. The van der Waals surface area contributed by atoms with E-state index in [2.05, 4.69) is 0 Å². The van der Waals surface area contributed by atoms with Crippen LogP contribution in [-0.4, -0.2) is 11.7 Å². The van der Waals surface area contributed by atoms with Crippen LogP contribution in [0.3, 0.4) is 0 Å². The van der Waals surface area contributed by atoms with Crippen molar-refractivity contribution in [2.24, 2.45) is 5.73 Å². The summed E-state index contributed by atoms with van der Waals surface area (Å²) in [4.78, 5) is 0. The lowest BCUT2D eigenvalue weighted by molar-refractivity contribution is 0.431. The number of hydrogen-bond donors (Lipinski definition) is 2. The van der Waals surface area contributed by atoms with Gasteiger partial charge < -0.3 is 10.8 Å². The van der Waals surface area contributed by atoms with E-state index in [1.807, 2.05) is 0 Å². The minimum absolute atomic E-state index is 0.260. The highest BCUT2D eigenvalue weighted by molar-refractivity contribution is 5.08. The molecule has 0 rings (SSSR count). The fourth-order valence-electron chi connectivity index (χ4n) is 0.285. The van der Waals surface area contributed by atoms with Gasteiger partial charge in [0.1, 0.15) is 5.76 Å². The van der Waals surface area contributed by atoms with Crippen molar-refractivity contribution in [1.29, 1.82) is 0 Å². The summed E-state index contributed by atoms with van der Waals surface area (Å²) in [5.74, 6) is 0.260. The van der Waals surface area contributed by atoms with Crippen LogP contribution in [0.15, 0.2) is 24.0 Å². The van der Waals surface area contributed by atoms with Gasteiger partial charge in [-0.25, -0.2) is 0 Å². The van der Waals surface area contributed by atoms with E-state index in [-0.39, 0.29) is 5.76 Å². The molecule has 46 valence electrons. The van der Waals surface area contributed by atoms with Crippen LogP contribution in [0, 0.1) is 0 Å². The van der Waals surface area contributed by atoms with E-state index in [1.165, 1.54) is 0 Å². The molecule has 0 aromatic rings. The van der Waals surface area contributed by atoms with Crippen molar-refractivity contribution < 1.29 is 5.11 Å². The standard InChI is InChI=1S/C6H11NO/c1-2-6(8)4-3-5-7/h2-4,8H,5,7H2,1H3/b4-3-,6-2+. The first-order valence-corrected chi connectivity index (χ1v) is 2.53. The van der Waals surface area contributed by atoms with E-state index < -0.39 is 0 Å². The van der Waals surface area contributed by atoms with E-state index in [0.29, 0.717) is 6.54 Å². The number of allylic oxidation sites excluding steroid dienone is 2. The Balaban J connectivity index is 3.53. The molecule has 0 aromatic carbocycles. The topological polar surface area (TPSA) is 46.2 Å². The van der Waals surface area contributed by atoms with Crippen molar-refractivity contribution in [1.82, 2.24) is 0 Å². The Bertz CT molecular complexity index is 105. The summed E-state index contributed by atoms with van der Waals surface area (Å²) in [6, 6.07) is 0. The van der Waals surface area contributed by atoms with Gasteiger partial charge in [0.2, 0.25) is 0 Å². The van der Waals surface area contributed by atoms with Gasteiger partial charge in [0.25, 0.3) is 0 Å². The van der Waals surface area contributed by atoms with Crippen molar-refractivity contribution in [2.75, 3.05) is 6.54 Å². The fourth-order valence-corrected chi connectivity index (χ4v) is 0.285. The number of aliphatic hydroxyl groups is 1. The summed E-state index contributed by atoms with van der Waals surface area (Å²) < 4.78 is 0. The highest BCUT2D eigenvalue weighted by Gasteiger charge is 1.75. The molecule has 0 saturated heterocycles. The highest BCUT2D eigenvalue weighted by Crippen LogP contribution is 1.86. The predicted molar refractivity (Wildman–Crippen MR) is 34.6 cm³/mol. The second-order valence-electron chi connectivity index (χ2n) is 1.35. The summed E-state index contributed by atoms with van der Waals surface area (Å²) in [5, 5.41) is 8.71. The van der Waals surface area contributed by atoms with Gasteiger partial charge in [-0.15, -0.1) is 0 Å². The predicted octanol–water partition coefficient (Wildman–Crippen LogP) is 0.963. The van der Waals surface area contributed by atoms with Crippen molar-refractivity contribution >= 4 is 0 Å². The maximum Gasteiger partial charge on any atom is 0.111 e. The number of aliphatic hydroxyl groups excluding tert-OH is 1. The quantitative estimate of drug-likeness (QED) is 0.414. The van der Waals surface area contributed by atoms with Crippen LogP contribution in [0.5, 0.6) is 0 Å². The molecular formula is C6H11NO. The summed E-state index contributed by atoms with van der Waals surface area (Å²) >= 11 is 0. The van der Waals surface area contributed by atoms with Crippen LogP contribution < -0.4 is 5.73 Å². The number of hydrogen-bond acceptors (Lipinski definition) is 2. The van der Waals surface area contributed by atoms with Gasteiger partial charge >= 0.3 is 0 Å². The Hall–Kier alpha value is -0.760. The Kier molecular flexibility index (Phi) is 3.98. The van der Waals surface area contributed by atoms with Crippen LogP contribution in [0.2, 0.25) is 0 Å². The lowest BCUT2D eigenvalue weighted by Gasteiger charge is -1.83. The first-order valence-electron chi connectivity index (χ1n) is 2.53. The minimum atomic E-state index is 0.260. The molecule has 0 fully saturated rings. The molecule has 0 radical (unpaired) electrons. The molecule has 0 spiro atoms.